The highest BCUT2D eigenvalue weighted by atomic mass is 79.9. The van der Waals surface area contributed by atoms with E-state index in [0.29, 0.717) is 0 Å². The molecule has 0 bridgehead atoms. The van der Waals surface area contributed by atoms with E-state index < -0.39 is 0 Å². The van der Waals surface area contributed by atoms with Gasteiger partial charge in [0, 0.05) is 17.8 Å². The molecule has 25 heavy (non-hydrogen) atoms. The Bertz CT molecular complexity index is 783. The van der Waals surface area contributed by atoms with E-state index in [9.17, 15) is 0 Å². The van der Waals surface area contributed by atoms with Crippen molar-refractivity contribution in [2.45, 2.75) is 12.5 Å². The summed E-state index contributed by atoms with van der Waals surface area (Å²) >= 11 is 5.29. The Morgan fingerprint density at radius 3 is 2.20 bits per heavy atom. The third-order valence-electron chi connectivity index (χ3n) is 3.99. The van der Waals surface area contributed by atoms with Crippen molar-refractivity contribution in [1.29, 1.82) is 0 Å². The van der Waals surface area contributed by atoms with Crippen molar-refractivity contribution in [2.75, 3.05) is 20.6 Å². The molecule has 130 valence electrons. The maximum atomic E-state index is 6.32. The second kappa shape index (κ2) is 8.65. The van der Waals surface area contributed by atoms with Gasteiger partial charge in [-0.25, -0.2) is 0 Å². The third-order valence-corrected chi connectivity index (χ3v) is 5.71. The van der Waals surface area contributed by atoms with Crippen LogP contribution in [0.4, 0.5) is 0 Å². The predicted octanol–water partition coefficient (Wildman–Crippen LogP) is 6.25. The second-order valence-electron chi connectivity index (χ2n) is 6.23. The molecule has 3 rings (SSSR count). The summed E-state index contributed by atoms with van der Waals surface area (Å²) in [6.45, 7) is 0.988. The van der Waals surface area contributed by atoms with Crippen LogP contribution in [0.3, 0.4) is 0 Å². The Morgan fingerprint density at radius 1 is 0.920 bits per heavy atom. The summed E-state index contributed by atoms with van der Waals surface area (Å²) in [7, 11) is 4.19. The zero-order valence-corrected chi connectivity index (χ0v) is 16.9. The Balaban J connectivity index is 1.74. The van der Waals surface area contributed by atoms with Gasteiger partial charge < -0.3 is 9.64 Å². The molecule has 0 fully saturated rings. The van der Waals surface area contributed by atoms with Gasteiger partial charge >= 0.3 is 0 Å². The second-order valence-corrected chi connectivity index (χ2v) is 8.73. The Morgan fingerprint density at radius 2 is 1.60 bits per heavy atom. The van der Waals surface area contributed by atoms with Crippen molar-refractivity contribution < 1.29 is 4.74 Å². The number of nitrogens with zero attached hydrogens (tertiary/aromatic N) is 1. The van der Waals surface area contributed by atoms with E-state index >= 15 is 0 Å². The van der Waals surface area contributed by atoms with E-state index in [2.05, 4.69) is 95.6 Å². The molecule has 1 unspecified atom stereocenters. The van der Waals surface area contributed by atoms with Crippen LogP contribution < -0.4 is 4.74 Å². The largest absolute Gasteiger partial charge is 0.485 e. The lowest BCUT2D eigenvalue weighted by molar-refractivity contribution is 0.183. The first-order chi connectivity index (χ1) is 12.1. The van der Waals surface area contributed by atoms with Crippen molar-refractivity contribution in [3.63, 3.8) is 0 Å². The first kappa shape index (κ1) is 18.2. The molecular formula is C21H22BrNOS. The van der Waals surface area contributed by atoms with Crippen LogP contribution in [-0.4, -0.2) is 25.5 Å². The van der Waals surface area contributed by atoms with Gasteiger partial charge in [0.25, 0.3) is 0 Å². The summed E-state index contributed by atoms with van der Waals surface area (Å²) in [6.07, 6.45) is 1.03. The van der Waals surface area contributed by atoms with Crippen LogP contribution in [0.5, 0.6) is 5.75 Å². The van der Waals surface area contributed by atoms with Gasteiger partial charge in [0.15, 0.2) is 0 Å². The van der Waals surface area contributed by atoms with Crippen LogP contribution in [0.15, 0.2) is 70.5 Å². The van der Waals surface area contributed by atoms with Gasteiger partial charge in [-0.05, 0) is 65.4 Å². The summed E-state index contributed by atoms with van der Waals surface area (Å²) in [4.78, 5) is 3.44. The summed E-state index contributed by atoms with van der Waals surface area (Å²) in [5, 5.41) is 0. The van der Waals surface area contributed by atoms with Gasteiger partial charge in [-0.2, -0.15) is 0 Å². The quantitative estimate of drug-likeness (QED) is 0.452. The highest BCUT2D eigenvalue weighted by Crippen LogP contribution is 2.33. The van der Waals surface area contributed by atoms with Gasteiger partial charge in [0.1, 0.15) is 11.9 Å². The average molecular weight is 416 g/mol. The topological polar surface area (TPSA) is 12.5 Å². The molecule has 0 aliphatic rings. The van der Waals surface area contributed by atoms with Gasteiger partial charge in [-0.15, -0.1) is 11.3 Å². The summed E-state index contributed by atoms with van der Waals surface area (Å²) < 4.78 is 7.46. The molecule has 2 nitrogen and oxygen atoms in total. The van der Waals surface area contributed by atoms with Gasteiger partial charge in [-0.3, -0.25) is 0 Å². The van der Waals surface area contributed by atoms with Crippen LogP contribution in [0.2, 0.25) is 0 Å². The molecule has 0 saturated heterocycles. The lowest BCUT2D eigenvalue weighted by Crippen LogP contribution is -2.18. The van der Waals surface area contributed by atoms with Crippen molar-refractivity contribution in [2.24, 2.45) is 0 Å². The lowest BCUT2D eigenvalue weighted by Gasteiger charge is -2.20. The van der Waals surface area contributed by atoms with E-state index in [1.165, 1.54) is 16.0 Å². The van der Waals surface area contributed by atoms with Crippen LogP contribution in [0.25, 0.3) is 11.1 Å². The summed E-state index contributed by atoms with van der Waals surface area (Å²) in [5.74, 6) is 0.910. The number of benzene rings is 2. The minimum Gasteiger partial charge on any atom is -0.485 e. The standard InChI is InChI=1S/C21H22BrNOS/c1-23(2)15-14-19(20-12-13-21(22)25-20)24-18-10-8-17(9-11-18)16-6-4-3-5-7-16/h3-13,19H,14-15H2,1-2H3. The first-order valence-electron chi connectivity index (χ1n) is 8.34. The first-order valence-corrected chi connectivity index (χ1v) is 9.95. The monoisotopic (exact) mass is 415 g/mol. The fourth-order valence-electron chi connectivity index (χ4n) is 2.66. The number of ether oxygens (including phenoxy) is 1. The molecule has 3 aromatic rings. The molecule has 1 heterocycles. The Kier molecular flexibility index (Phi) is 6.29. The fourth-order valence-corrected chi connectivity index (χ4v) is 4.14. The molecule has 0 spiro atoms. The maximum Gasteiger partial charge on any atom is 0.134 e. The zero-order chi connectivity index (χ0) is 17.6. The summed E-state index contributed by atoms with van der Waals surface area (Å²) in [6, 6.07) is 23.0. The number of rotatable bonds is 7. The number of hydrogen-bond donors (Lipinski definition) is 0. The van der Waals surface area contributed by atoms with Crippen LogP contribution in [-0.2, 0) is 0 Å². The van der Waals surface area contributed by atoms with Crippen LogP contribution >= 0.6 is 27.3 Å². The van der Waals surface area contributed by atoms with Gasteiger partial charge in [0.2, 0.25) is 0 Å². The molecule has 1 atom stereocenters. The van der Waals surface area contributed by atoms with E-state index in [-0.39, 0.29) is 6.10 Å². The smallest absolute Gasteiger partial charge is 0.134 e. The number of thiophene rings is 1. The Hall–Kier alpha value is -1.62. The predicted molar refractivity (Wildman–Crippen MR) is 110 cm³/mol. The maximum absolute atomic E-state index is 6.32. The summed E-state index contributed by atoms with van der Waals surface area (Å²) in [5.41, 5.74) is 2.43. The van der Waals surface area contributed by atoms with E-state index in [1.807, 2.05) is 6.07 Å². The molecule has 4 heteroatoms. The molecule has 0 amide bonds. The van der Waals surface area contributed by atoms with Crippen molar-refractivity contribution in [1.82, 2.24) is 4.90 Å². The minimum atomic E-state index is 0.0706. The van der Waals surface area contributed by atoms with Crippen LogP contribution in [0.1, 0.15) is 17.4 Å². The molecule has 0 radical (unpaired) electrons. The average Bonchev–Trinajstić information content (AvgIpc) is 3.06. The fraction of sp³-hybridized carbons (Fsp3) is 0.238. The SMILES string of the molecule is CN(C)CCC(Oc1ccc(-c2ccccc2)cc1)c1ccc(Br)s1. The van der Waals surface area contributed by atoms with Crippen molar-refractivity contribution in [3.8, 4) is 16.9 Å². The van der Waals surface area contributed by atoms with E-state index in [4.69, 9.17) is 4.74 Å². The van der Waals surface area contributed by atoms with Gasteiger partial charge in [0.05, 0.1) is 3.79 Å². The normalized spacial score (nSPS) is 12.3. The minimum absolute atomic E-state index is 0.0706. The van der Waals surface area contributed by atoms with Gasteiger partial charge in [-0.1, -0.05) is 42.5 Å². The molecule has 1 aromatic heterocycles. The number of halogens is 1. The van der Waals surface area contributed by atoms with E-state index in [0.717, 1.165) is 22.5 Å². The zero-order valence-electron chi connectivity index (χ0n) is 14.5. The van der Waals surface area contributed by atoms with E-state index in [1.54, 1.807) is 11.3 Å². The third kappa shape index (κ3) is 5.18. The highest BCUT2D eigenvalue weighted by Gasteiger charge is 2.16. The molecular weight excluding hydrogens is 394 g/mol. The highest BCUT2D eigenvalue weighted by molar-refractivity contribution is 9.11. The molecule has 2 aromatic carbocycles. The number of hydrogen-bond acceptors (Lipinski definition) is 3. The van der Waals surface area contributed by atoms with Crippen LogP contribution in [0, 0.1) is 0 Å². The molecule has 0 aliphatic carbocycles. The van der Waals surface area contributed by atoms with Crippen molar-refractivity contribution in [3.05, 3.63) is 75.4 Å². The molecule has 0 saturated carbocycles. The molecule has 0 N–H and O–H groups in total. The molecule has 0 aliphatic heterocycles. The lowest BCUT2D eigenvalue weighted by atomic mass is 10.1. The van der Waals surface area contributed by atoms with Crippen molar-refractivity contribution >= 4 is 27.3 Å². The Labute approximate surface area is 162 Å².